The molecular weight excluding hydrogens is 484 g/mol. The summed E-state index contributed by atoms with van der Waals surface area (Å²) in [7, 11) is 0. The van der Waals surface area contributed by atoms with Crippen LogP contribution in [0, 0.1) is 0 Å². The summed E-state index contributed by atoms with van der Waals surface area (Å²) in [6.07, 6.45) is 23.7. The van der Waals surface area contributed by atoms with Gasteiger partial charge >= 0.3 is 0 Å². The van der Waals surface area contributed by atoms with Crippen LogP contribution >= 0.6 is 0 Å². The molecule has 0 fully saturated rings. The first-order chi connectivity index (χ1) is 19.2. The Balaban J connectivity index is 1.43. The number of hydrogen-bond acceptors (Lipinski definition) is 5. The van der Waals surface area contributed by atoms with Gasteiger partial charge in [-0.2, -0.15) is 0 Å². The van der Waals surface area contributed by atoms with Crippen molar-refractivity contribution in [2.75, 3.05) is 39.6 Å². The maximum Gasteiger partial charge on any atom is 0.104 e. The van der Waals surface area contributed by atoms with Crippen molar-refractivity contribution in [3.05, 3.63) is 47.8 Å². The Morgan fingerprint density at radius 2 is 1.18 bits per heavy atom. The van der Waals surface area contributed by atoms with E-state index in [1.165, 1.54) is 94.6 Å². The molecule has 2 rings (SSSR count). The molecule has 0 bridgehead atoms. The van der Waals surface area contributed by atoms with E-state index in [4.69, 9.17) is 14.2 Å². The van der Waals surface area contributed by atoms with E-state index in [2.05, 4.69) is 60.3 Å². The molecule has 39 heavy (non-hydrogen) atoms. The second-order valence-electron chi connectivity index (χ2n) is 11.2. The minimum Gasteiger partial charge on any atom is -0.379 e. The molecule has 1 unspecified atom stereocenters. The predicted molar refractivity (Wildman–Crippen MR) is 165 cm³/mol. The summed E-state index contributed by atoms with van der Waals surface area (Å²) in [5.74, 6) is 0. The smallest absolute Gasteiger partial charge is 0.104 e. The maximum absolute atomic E-state index is 5.98. The van der Waals surface area contributed by atoms with Crippen molar-refractivity contribution in [3.63, 3.8) is 0 Å². The zero-order valence-electron chi connectivity index (χ0n) is 25.7. The lowest BCUT2D eigenvalue weighted by atomic mass is 10.0. The summed E-state index contributed by atoms with van der Waals surface area (Å²) in [4.78, 5) is 4.64. The van der Waals surface area contributed by atoms with Crippen molar-refractivity contribution in [3.8, 4) is 0 Å². The number of nitrogens with zero attached hydrogens (tertiary/aromatic N) is 2. The van der Waals surface area contributed by atoms with Crippen molar-refractivity contribution in [1.29, 1.82) is 0 Å². The third kappa shape index (κ3) is 17.0. The second-order valence-corrected chi connectivity index (χ2v) is 11.2. The molecule has 1 aromatic carbocycles. The van der Waals surface area contributed by atoms with Crippen LogP contribution in [0.15, 0.2) is 36.7 Å². The van der Waals surface area contributed by atoms with E-state index < -0.39 is 0 Å². The van der Waals surface area contributed by atoms with E-state index in [0.717, 1.165) is 32.8 Å². The van der Waals surface area contributed by atoms with Gasteiger partial charge in [0.15, 0.2) is 0 Å². The Hall–Kier alpha value is -1.56. The minimum absolute atomic E-state index is 0.00406. The molecule has 0 amide bonds. The van der Waals surface area contributed by atoms with E-state index in [9.17, 15) is 0 Å². The average molecular weight is 545 g/mol. The normalized spacial score (nSPS) is 14.0. The molecule has 224 valence electrons. The zero-order chi connectivity index (χ0) is 27.8. The van der Waals surface area contributed by atoms with Crippen LogP contribution in [0.2, 0.25) is 0 Å². The van der Waals surface area contributed by atoms with Gasteiger partial charge in [0.05, 0.1) is 26.5 Å². The summed E-state index contributed by atoms with van der Waals surface area (Å²) >= 11 is 0. The van der Waals surface area contributed by atoms with Crippen molar-refractivity contribution >= 4 is 0 Å². The average Bonchev–Trinajstić information content (AvgIpc) is 3.41. The Morgan fingerprint density at radius 3 is 1.74 bits per heavy atom. The lowest BCUT2D eigenvalue weighted by Gasteiger charge is -2.20. The van der Waals surface area contributed by atoms with E-state index in [0.29, 0.717) is 26.4 Å². The Labute approximate surface area is 241 Å². The predicted octanol–water partition coefficient (Wildman–Crippen LogP) is 8.67. The van der Waals surface area contributed by atoms with Gasteiger partial charge in [0.2, 0.25) is 0 Å². The van der Waals surface area contributed by atoms with Gasteiger partial charge in [0.25, 0.3) is 0 Å². The Morgan fingerprint density at radius 1 is 0.641 bits per heavy atom. The van der Waals surface area contributed by atoms with Gasteiger partial charge in [0.1, 0.15) is 6.10 Å². The first-order valence-corrected chi connectivity index (χ1v) is 16.3. The minimum atomic E-state index is 0.00406. The van der Waals surface area contributed by atoms with Crippen LogP contribution in [-0.2, 0) is 27.4 Å². The summed E-state index contributed by atoms with van der Waals surface area (Å²) in [5, 5.41) is 0. The van der Waals surface area contributed by atoms with E-state index in [1.807, 2.05) is 6.92 Å². The Kier molecular flexibility index (Phi) is 20.0. The standard InChI is InChI=1S/C34H60N2O3/c1-4-7-8-9-10-11-12-13-14-15-16-17-18-19-26-37-29-34(39-6-3)30-38-28-33-22-20-32(21-23-33)27-36-25-24-35(5-2)31-36/h20-25,34H,4-19,26-31H2,1-3H3. The Bertz CT molecular complexity index is 709. The molecular formula is C34H60N2O3. The van der Waals surface area contributed by atoms with Crippen molar-refractivity contribution in [2.24, 2.45) is 0 Å². The quantitative estimate of drug-likeness (QED) is 0.109. The van der Waals surface area contributed by atoms with Crippen molar-refractivity contribution < 1.29 is 14.2 Å². The summed E-state index contributed by atoms with van der Waals surface area (Å²) in [5.41, 5.74) is 2.52. The number of benzene rings is 1. The third-order valence-corrected chi connectivity index (χ3v) is 7.59. The van der Waals surface area contributed by atoms with Gasteiger partial charge in [-0.1, -0.05) is 115 Å². The van der Waals surface area contributed by atoms with Crippen LogP contribution in [0.25, 0.3) is 0 Å². The molecule has 1 aliphatic heterocycles. The number of unbranched alkanes of at least 4 members (excludes halogenated alkanes) is 13. The first-order valence-electron chi connectivity index (χ1n) is 16.3. The lowest BCUT2D eigenvalue weighted by Crippen LogP contribution is -2.26. The lowest BCUT2D eigenvalue weighted by molar-refractivity contribution is -0.0601. The summed E-state index contributed by atoms with van der Waals surface area (Å²) in [6, 6.07) is 8.77. The molecule has 0 N–H and O–H groups in total. The number of hydrogen-bond donors (Lipinski definition) is 0. The highest BCUT2D eigenvalue weighted by Crippen LogP contribution is 2.14. The molecule has 0 aromatic heterocycles. The molecule has 1 atom stereocenters. The highest BCUT2D eigenvalue weighted by molar-refractivity contribution is 5.22. The second kappa shape index (κ2) is 23.2. The van der Waals surface area contributed by atoms with E-state index >= 15 is 0 Å². The fourth-order valence-corrected chi connectivity index (χ4v) is 5.10. The molecule has 0 radical (unpaired) electrons. The number of rotatable bonds is 26. The molecule has 0 saturated heterocycles. The van der Waals surface area contributed by atoms with E-state index in [-0.39, 0.29) is 6.10 Å². The van der Waals surface area contributed by atoms with Gasteiger partial charge in [0, 0.05) is 38.7 Å². The maximum atomic E-state index is 5.98. The van der Waals surface area contributed by atoms with Crippen molar-refractivity contribution in [2.45, 2.75) is 130 Å². The molecule has 0 aliphatic carbocycles. The molecule has 1 aliphatic rings. The molecule has 5 heteroatoms. The van der Waals surface area contributed by atoms with Gasteiger partial charge in [-0.3, -0.25) is 0 Å². The first kappa shape index (κ1) is 33.6. The monoisotopic (exact) mass is 544 g/mol. The van der Waals surface area contributed by atoms with E-state index in [1.54, 1.807) is 0 Å². The van der Waals surface area contributed by atoms with Gasteiger partial charge in [-0.15, -0.1) is 0 Å². The van der Waals surface area contributed by atoms with Crippen LogP contribution in [0.3, 0.4) is 0 Å². The van der Waals surface area contributed by atoms with Crippen LogP contribution in [0.5, 0.6) is 0 Å². The van der Waals surface area contributed by atoms with Gasteiger partial charge in [-0.05, 0) is 31.4 Å². The molecule has 1 heterocycles. The third-order valence-electron chi connectivity index (χ3n) is 7.59. The van der Waals surface area contributed by atoms with Crippen LogP contribution in [-0.4, -0.2) is 55.5 Å². The highest BCUT2D eigenvalue weighted by Gasteiger charge is 2.11. The van der Waals surface area contributed by atoms with Crippen molar-refractivity contribution in [1.82, 2.24) is 9.80 Å². The SMILES string of the molecule is CCCCCCCCCCCCCCCCOCC(COCc1ccc(CN2C=CN(CC)C2)cc1)OCC. The fourth-order valence-electron chi connectivity index (χ4n) is 5.10. The van der Waals surface area contributed by atoms with Gasteiger partial charge in [-0.25, -0.2) is 0 Å². The molecule has 0 saturated carbocycles. The van der Waals surface area contributed by atoms with Crippen LogP contribution in [0.1, 0.15) is 122 Å². The fraction of sp³-hybridized carbons (Fsp3) is 0.765. The zero-order valence-corrected chi connectivity index (χ0v) is 25.7. The molecule has 0 spiro atoms. The molecule has 1 aromatic rings. The summed E-state index contributed by atoms with van der Waals surface area (Å²) < 4.78 is 17.8. The van der Waals surface area contributed by atoms with Gasteiger partial charge < -0.3 is 24.0 Å². The van der Waals surface area contributed by atoms with Crippen LogP contribution in [0.4, 0.5) is 0 Å². The van der Waals surface area contributed by atoms with Crippen LogP contribution < -0.4 is 0 Å². The highest BCUT2D eigenvalue weighted by atomic mass is 16.6. The summed E-state index contributed by atoms with van der Waals surface area (Å²) in [6.45, 7) is 12.8. The topological polar surface area (TPSA) is 34.2 Å². The largest absolute Gasteiger partial charge is 0.379 e. The number of ether oxygens (including phenoxy) is 3. The molecule has 5 nitrogen and oxygen atoms in total.